The minimum Gasteiger partial charge on any atom is -0.356 e. The predicted molar refractivity (Wildman–Crippen MR) is 99.6 cm³/mol. The molecule has 0 bridgehead atoms. The number of unbranched alkanes of at least 4 members (excludes halogenated alkanes) is 3. The SMILES string of the molecule is CCCCCCNC(=NC)N1CCN(C(C)C(F)(F)F)CC1.I. The average molecular weight is 450 g/mol. The smallest absolute Gasteiger partial charge is 0.356 e. The number of aliphatic imine (C=N–C) groups is 1. The average Bonchev–Trinajstić information content (AvgIpc) is 2.49. The van der Waals surface area contributed by atoms with E-state index in [0.717, 1.165) is 18.9 Å². The lowest BCUT2D eigenvalue weighted by Gasteiger charge is -2.39. The van der Waals surface area contributed by atoms with Crippen molar-refractivity contribution in [3.63, 3.8) is 0 Å². The van der Waals surface area contributed by atoms with E-state index in [1.54, 1.807) is 7.05 Å². The monoisotopic (exact) mass is 450 g/mol. The third kappa shape index (κ3) is 7.91. The van der Waals surface area contributed by atoms with Crippen molar-refractivity contribution in [1.29, 1.82) is 0 Å². The molecule has 8 heteroatoms. The molecule has 0 spiro atoms. The Bertz CT molecular complexity index is 342. The molecular weight excluding hydrogens is 420 g/mol. The van der Waals surface area contributed by atoms with Gasteiger partial charge in [0.2, 0.25) is 0 Å². The van der Waals surface area contributed by atoms with E-state index in [2.05, 4.69) is 17.2 Å². The van der Waals surface area contributed by atoms with Crippen LogP contribution in [0.1, 0.15) is 39.5 Å². The summed E-state index contributed by atoms with van der Waals surface area (Å²) in [5.74, 6) is 0.802. The van der Waals surface area contributed by atoms with E-state index in [9.17, 15) is 13.2 Å². The van der Waals surface area contributed by atoms with Gasteiger partial charge in [-0.2, -0.15) is 13.2 Å². The van der Waals surface area contributed by atoms with E-state index in [4.69, 9.17) is 0 Å². The molecule has 1 aliphatic rings. The Morgan fingerprint density at radius 1 is 1.13 bits per heavy atom. The van der Waals surface area contributed by atoms with Gasteiger partial charge in [0.15, 0.2) is 5.96 Å². The summed E-state index contributed by atoms with van der Waals surface area (Å²) in [4.78, 5) is 7.77. The number of alkyl halides is 3. The standard InChI is InChI=1S/C15H29F3N4.HI/c1-4-5-6-7-8-20-14(19-3)22-11-9-21(10-12-22)13(2)15(16,17)18;/h13H,4-12H2,1-3H3,(H,19,20);1H. The summed E-state index contributed by atoms with van der Waals surface area (Å²) in [5.41, 5.74) is 0. The molecule has 1 unspecified atom stereocenters. The number of nitrogens with one attached hydrogen (secondary N) is 1. The fourth-order valence-corrected chi connectivity index (χ4v) is 2.61. The summed E-state index contributed by atoms with van der Waals surface area (Å²) in [6, 6.07) is -1.38. The van der Waals surface area contributed by atoms with E-state index >= 15 is 0 Å². The van der Waals surface area contributed by atoms with Gasteiger partial charge in [0, 0.05) is 39.8 Å². The summed E-state index contributed by atoms with van der Waals surface area (Å²) >= 11 is 0. The van der Waals surface area contributed by atoms with E-state index in [1.165, 1.54) is 31.1 Å². The Morgan fingerprint density at radius 2 is 1.74 bits per heavy atom. The normalized spacial score (nSPS) is 18.5. The molecule has 1 rings (SSSR count). The minimum atomic E-state index is -4.15. The highest BCUT2D eigenvalue weighted by Crippen LogP contribution is 2.25. The van der Waals surface area contributed by atoms with Crippen LogP contribution >= 0.6 is 24.0 Å². The van der Waals surface area contributed by atoms with E-state index in [0.29, 0.717) is 26.2 Å². The Kier molecular flexibility index (Phi) is 11.2. The maximum atomic E-state index is 12.7. The topological polar surface area (TPSA) is 30.9 Å². The van der Waals surface area contributed by atoms with E-state index < -0.39 is 12.2 Å². The molecule has 0 aliphatic carbocycles. The molecule has 0 aromatic carbocycles. The van der Waals surface area contributed by atoms with Crippen molar-refractivity contribution in [2.24, 2.45) is 4.99 Å². The first kappa shape index (κ1) is 22.8. The van der Waals surface area contributed by atoms with Crippen molar-refractivity contribution in [2.45, 2.75) is 51.7 Å². The molecule has 4 nitrogen and oxygen atoms in total. The van der Waals surface area contributed by atoms with Gasteiger partial charge < -0.3 is 10.2 Å². The third-order valence-corrected chi connectivity index (χ3v) is 4.16. The van der Waals surface area contributed by atoms with Crippen molar-refractivity contribution in [3.05, 3.63) is 0 Å². The van der Waals surface area contributed by atoms with Gasteiger partial charge in [-0.05, 0) is 13.3 Å². The van der Waals surface area contributed by atoms with Gasteiger partial charge in [0.25, 0.3) is 0 Å². The van der Waals surface area contributed by atoms with Crippen molar-refractivity contribution < 1.29 is 13.2 Å². The zero-order valence-corrected chi connectivity index (χ0v) is 16.7. The first-order chi connectivity index (χ1) is 10.4. The van der Waals surface area contributed by atoms with Crippen LogP contribution in [-0.2, 0) is 0 Å². The number of guanidine groups is 1. The summed E-state index contributed by atoms with van der Waals surface area (Å²) in [7, 11) is 1.72. The van der Waals surface area contributed by atoms with Crippen molar-refractivity contribution in [3.8, 4) is 0 Å². The zero-order valence-electron chi connectivity index (χ0n) is 14.3. The fourth-order valence-electron chi connectivity index (χ4n) is 2.61. The van der Waals surface area contributed by atoms with Crippen molar-refractivity contribution in [2.75, 3.05) is 39.8 Å². The summed E-state index contributed by atoms with van der Waals surface area (Å²) < 4.78 is 38.2. The van der Waals surface area contributed by atoms with Crippen LogP contribution in [0.15, 0.2) is 4.99 Å². The van der Waals surface area contributed by atoms with Gasteiger partial charge >= 0.3 is 6.18 Å². The molecule has 138 valence electrons. The number of rotatable bonds is 6. The predicted octanol–water partition coefficient (Wildman–Crippen LogP) is 3.33. The molecular formula is C15H30F3IN4. The van der Waals surface area contributed by atoms with Crippen LogP contribution in [0.3, 0.4) is 0 Å². The molecule has 1 N–H and O–H groups in total. The van der Waals surface area contributed by atoms with Gasteiger partial charge in [-0.3, -0.25) is 9.89 Å². The fraction of sp³-hybridized carbons (Fsp3) is 0.933. The molecule has 0 aromatic rings. The molecule has 0 saturated carbocycles. The Balaban J connectivity index is 0.00000484. The molecule has 1 heterocycles. The Labute approximate surface area is 154 Å². The molecule has 0 amide bonds. The maximum Gasteiger partial charge on any atom is 0.403 e. The van der Waals surface area contributed by atoms with E-state index in [-0.39, 0.29) is 24.0 Å². The highest BCUT2D eigenvalue weighted by molar-refractivity contribution is 14.0. The van der Waals surface area contributed by atoms with Crippen LogP contribution in [0.2, 0.25) is 0 Å². The number of halogens is 4. The maximum absolute atomic E-state index is 12.7. The zero-order chi connectivity index (χ0) is 16.6. The number of hydrogen-bond donors (Lipinski definition) is 1. The van der Waals surface area contributed by atoms with Crippen LogP contribution in [-0.4, -0.2) is 67.7 Å². The van der Waals surface area contributed by atoms with Crippen LogP contribution in [0.5, 0.6) is 0 Å². The minimum absolute atomic E-state index is 0. The molecule has 0 radical (unpaired) electrons. The molecule has 1 atom stereocenters. The highest BCUT2D eigenvalue weighted by atomic mass is 127. The van der Waals surface area contributed by atoms with Gasteiger partial charge in [-0.25, -0.2) is 0 Å². The van der Waals surface area contributed by atoms with Gasteiger partial charge in [0.1, 0.15) is 6.04 Å². The summed E-state index contributed by atoms with van der Waals surface area (Å²) in [5, 5.41) is 3.31. The first-order valence-electron chi connectivity index (χ1n) is 8.16. The van der Waals surface area contributed by atoms with Gasteiger partial charge in [-0.15, -0.1) is 24.0 Å². The molecule has 0 aromatic heterocycles. The van der Waals surface area contributed by atoms with Gasteiger partial charge in [0.05, 0.1) is 0 Å². The number of nitrogens with zero attached hydrogens (tertiary/aromatic N) is 3. The molecule has 23 heavy (non-hydrogen) atoms. The summed E-state index contributed by atoms with van der Waals surface area (Å²) in [6.07, 6.45) is 0.568. The van der Waals surface area contributed by atoms with E-state index in [1.807, 2.05) is 4.90 Å². The lowest BCUT2D eigenvalue weighted by Crippen LogP contribution is -2.56. The van der Waals surface area contributed by atoms with Crippen molar-refractivity contribution in [1.82, 2.24) is 15.1 Å². The third-order valence-electron chi connectivity index (χ3n) is 4.16. The largest absolute Gasteiger partial charge is 0.403 e. The second-order valence-electron chi connectivity index (χ2n) is 5.78. The molecule has 1 aliphatic heterocycles. The quantitative estimate of drug-likeness (QED) is 0.292. The lowest BCUT2D eigenvalue weighted by molar-refractivity contribution is -0.181. The number of piperazine rings is 1. The van der Waals surface area contributed by atoms with Crippen molar-refractivity contribution >= 4 is 29.9 Å². The lowest BCUT2D eigenvalue weighted by atomic mass is 10.2. The first-order valence-corrected chi connectivity index (χ1v) is 8.16. The van der Waals surface area contributed by atoms with Crippen LogP contribution in [0.25, 0.3) is 0 Å². The second-order valence-corrected chi connectivity index (χ2v) is 5.78. The Morgan fingerprint density at radius 3 is 2.22 bits per heavy atom. The van der Waals surface area contributed by atoms with Gasteiger partial charge in [-0.1, -0.05) is 26.2 Å². The highest BCUT2D eigenvalue weighted by Gasteiger charge is 2.40. The van der Waals surface area contributed by atoms with Crippen LogP contribution in [0.4, 0.5) is 13.2 Å². The van der Waals surface area contributed by atoms with Crippen LogP contribution < -0.4 is 5.32 Å². The molecule has 1 fully saturated rings. The number of hydrogen-bond acceptors (Lipinski definition) is 2. The molecule has 1 saturated heterocycles. The second kappa shape index (κ2) is 11.3. The Hall–Kier alpha value is -0.250. The summed E-state index contributed by atoms with van der Waals surface area (Å²) in [6.45, 7) is 6.26. The van der Waals surface area contributed by atoms with Crippen LogP contribution in [0, 0.1) is 0 Å².